The molecule has 0 saturated carbocycles. The zero-order chi connectivity index (χ0) is 20.8. The lowest BCUT2D eigenvalue weighted by molar-refractivity contribution is 0.102. The third-order valence-corrected chi connectivity index (χ3v) is 4.68. The number of rotatable bonds is 8. The first-order valence-electron chi connectivity index (χ1n) is 9.50. The van der Waals surface area contributed by atoms with Crippen molar-refractivity contribution < 1.29 is 14.3 Å². The Hall–Kier alpha value is -2.99. The number of halogens is 1. The van der Waals surface area contributed by atoms with Crippen molar-refractivity contribution in [3.8, 4) is 11.5 Å². The maximum absolute atomic E-state index is 12.7. The van der Waals surface area contributed by atoms with E-state index in [1.807, 2.05) is 51.1 Å². The smallest absolute Gasteiger partial charge is 0.257 e. The molecule has 1 heterocycles. The van der Waals surface area contributed by atoms with Crippen molar-refractivity contribution in [1.29, 1.82) is 0 Å². The fourth-order valence-electron chi connectivity index (χ4n) is 2.90. The maximum atomic E-state index is 12.7. The van der Waals surface area contributed by atoms with Crippen LogP contribution in [0.3, 0.4) is 0 Å². The summed E-state index contributed by atoms with van der Waals surface area (Å²) in [6, 6.07) is 14.6. The Labute approximate surface area is 175 Å². The Balaban J connectivity index is 1.76. The minimum absolute atomic E-state index is 0.267. The van der Waals surface area contributed by atoms with E-state index < -0.39 is 0 Å². The number of anilines is 1. The molecule has 3 aromatic rings. The summed E-state index contributed by atoms with van der Waals surface area (Å²) in [5.74, 6) is 1.37. The van der Waals surface area contributed by atoms with Gasteiger partial charge in [-0.15, -0.1) is 0 Å². The van der Waals surface area contributed by atoms with E-state index >= 15 is 0 Å². The van der Waals surface area contributed by atoms with Gasteiger partial charge in [-0.2, -0.15) is 5.10 Å². The summed E-state index contributed by atoms with van der Waals surface area (Å²) in [4.78, 5) is 12.7. The first-order valence-corrected chi connectivity index (χ1v) is 9.88. The molecule has 0 aliphatic carbocycles. The summed E-state index contributed by atoms with van der Waals surface area (Å²) >= 11 is 6.24. The average molecular weight is 414 g/mol. The topological polar surface area (TPSA) is 65.4 Å². The summed E-state index contributed by atoms with van der Waals surface area (Å²) < 4.78 is 12.9. The minimum Gasteiger partial charge on any atom is -0.490 e. The van der Waals surface area contributed by atoms with E-state index in [1.165, 1.54) is 0 Å². The summed E-state index contributed by atoms with van der Waals surface area (Å²) in [6.45, 7) is 7.25. The first-order chi connectivity index (χ1) is 14.0. The molecule has 152 valence electrons. The Kier molecular flexibility index (Phi) is 6.77. The second-order valence-electron chi connectivity index (χ2n) is 6.40. The van der Waals surface area contributed by atoms with Crippen molar-refractivity contribution in [3.05, 3.63) is 70.4 Å². The fraction of sp³-hybridized carbons (Fsp3) is 0.273. The molecule has 3 rings (SSSR count). The van der Waals surface area contributed by atoms with Gasteiger partial charge in [0, 0.05) is 22.3 Å². The predicted octanol–water partition coefficient (Wildman–Crippen LogP) is 4.94. The van der Waals surface area contributed by atoms with E-state index in [-0.39, 0.29) is 5.91 Å². The number of amides is 1. The molecular weight excluding hydrogens is 390 g/mol. The third-order valence-electron chi connectivity index (χ3n) is 4.31. The summed E-state index contributed by atoms with van der Waals surface area (Å²) in [7, 11) is 0. The molecule has 0 aliphatic heterocycles. The highest BCUT2D eigenvalue weighted by atomic mass is 35.5. The summed E-state index contributed by atoms with van der Waals surface area (Å²) in [5.41, 5.74) is 2.35. The molecule has 0 fully saturated rings. The van der Waals surface area contributed by atoms with Gasteiger partial charge in [-0.1, -0.05) is 29.8 Å². The number of aryl methyl sites for hydroxylation is 1. The number of benzene rings is 2. The average Bonchev–Trinajstić information content (AvgIpc) is 3.04. The molecule has 0 spiro atoms. The second kappa shape index (κ2) is 9.47. The number of ether oxygens (including phenoxy) is 2. The molecule has 0 radical (unpaired) electrons. The Morgan fingerprint density at radius 3 is 2.52 bits per heavy atom. The van der Waals surface area contributed by atoms with Crippen LogP contribution < -0.4 is 14.8 Å². The molecule has 0 unspecified atom stereocenters. The van der Waals surface area contributed by atoms with Crippen molar-refractivity contribution in [1.82, 2.24) is 9.78 Å². The molecular formula is C22H24ClN3O3. The van der Waals surface area contributed by atoms with Crippen LogP contribution in [-0.4, -0.2) is 28.9 Å². The summed E-state index contributed by atoms with van der Waals surface area (Å²) in [6.07, 6.45) is 0. The van der Waals surface area contributed by atoms with Crippen molar-refractivity contribution in [3.63, 3.8) is 0 Å². The Bertz CT molecular complexity index is 1000. The zero-order valence-electron chi connectivity index (χ0n) is 16.7. The second-order valence-corrected chi connectivity index (χ2v) is 6.81. The first kappa shape index (κ1) is 20.7. The summed E-state index contributed by atoms with van der Waals surface area (Å²) in [5, 5.41) is 8.01. The highest BCUT2D eigenvalue weighted by molar-refractivity contribution is 6.31. The van der Waals surface area contributed by atoms with Gasteiger partial charge in [0.2, 0.25) is 0 Å². The van der Waals surface area contributed by atoms with Gasteiger partial charge < -0.3 is 14.8 Å². The van der Waals surface area contributed by atoms with Crippen molar-refractivity contribution in [2.45, 2.75) is 27.3 Å². The molecule has 0 aliphatic rings. The number of carbonyl (C=O) groups is 1. The molecule has 1 amide bonds. The predicted molar refractivity (Wildman–Crippen MR) is 114 cm³/mol. The molecule has 2 aromatic carbocycles. The van der Waals surface area contributed by atoms with E-state index in [4.69, 9.17) is 21.1 Å². The van der Waals surface area contributed by atoms with Crippen molar-refractivity contribution >= 4 is 23.3 Å². The van der Waals surface area contributed by atoms with Crippen LogP contribution in [0.15, 0.2) is 48.5 Å². The fourth-order valence-corrected chi connectivity index (χ4v) is 3.10. The number of nitrogens with one attached hydrogen (secondary N) is 1. The number of hydrogen-bond donors (Lipinski definition) is 1. The minimum atomic E-state index is -0.267. The van der Waals surface area contributed by atoms with Gasteiger partial charge in [-0.3, -0.25) is 9.48 Å². The van der Waals surface area contributed by atoms with Gasteiger partial charge in [0.15, 0.2) is 17.3 Å². The molecule has 0 saturated heterocycles. The van der Waals surface area contributed by atoms with Gasteiger partial charge in [0.25, 0.3) is 5.91 Å². The molecule has 7 heteroatoms. The normalized spacial score (nSPS) is 10.6. The van der Waals surface area contributed by atoms with Crippen molar-refractivity contribution in [2.75, 3.05) is 18.5 Å². The van der Waals surface area contributed by atoms with Crippen LogP contribution in [0.1, 0.15) is 35.5 Å². The number of aromatic nitrogens is 2. The van der Waals surface area contributed by atoms with Crippen LogP contribution in [0.25, 0.3) is 0 Å². The monoisotopic (exact) mass is 413 g/mol. The lowest BCUT2D eigenvalue weighted by Gasteiger charge is -2.12. The Morgan fingerprint density at radius 2 is 1.79 bits per heavy atom. The lowest BCUT2D eigenvalue weighted by atomic mass is 10.2. The van der Waals surface area contributed by atoms with Crippen LogP contribution in [0, 0.1) is 6.92 Å². The van der Waals surface area contributed by atoms with Crippen LogP contribution in [-0.2, 0) is 6.54 Å². The molecule has 0 atom stereocenters. The van der Waals surface area contributed by atoms with E-state index in [0.29, 0.717) is 47.7 Å². The number of hydrogen-bond acceptors (Lipinski definition) is 4. The van der Waals surface area contributed by atoms with Crippen LogP contribution in [0.4, 0.5) is 5.82 Å². The number of carbonyl (C=O) groups excluding carboxylic acids is 1. The molecule has 1 N–H and O–H groups in total. The molecule has 1 aromatic heterocycles. The quantitative estimate of drug-likeness (QED) is 0.567. The molecule has 29 heavy (non-hydrogen) atoms. The van der Waals surface area contributed by atoms with Crippen molar-refractivity contribution in [2.24, 2.45) is 0 Å². The van der Waals surface area contributed by atoms with Crippen LogP contribution in [0.5, 0.6) is 11.5 Å². The van der Waals surface area contributed by atoms with Crippen LogP contribution >= 0.6 is 11.6 Å². The maximum Gasteiger partial charge on any atom is 0.257 e. The van der Waals surface area contributed by atoms with E-state index in [2.05, 4.69) is 10.4 Å². The van der Waals surface area contributed by atoms with Gasteiger partial charge in [0.1, 0.15) is 0 Å². The lowest BCUT2D eigenvalue weighted by Crippen LogP contribution is -2.13. The highest BCUT2D eigenvalue weighted by Crippen LogP contribution is 2.29. The molecule has 0 bridgehead atoms. The standard InChI is InChI=1S/C22H24ClN3O3/c1-4-28-19-11-10-16(13-20(19)29-5-2)22(27)24-21-12-15(3)26(25-21)14-17-8-6-7-9-18(17)23/h6-13H,4-5,14H2,1-3H3,(H,24,25,27). The Morgan fingerprint density at radius 1 is 1.07 bits per heavy atom. The number of nitrogens with zero attached hydrogens (tertiary/aromatic N) is 2. The van der Waals surface area contributed by atoms with E-state index in [9.17, 15) is 4.79 Å². The highest BCUT2D eigenvalue weighted by Gasteiger charge is 2.14. The van der Waals surface area contributed by atoms with E-state index in [0.717, 1.165) is 11.3 Å². The van der Waals surface area contributed by atoms with Gasteiger partial charge in [0.05, 0.1) is 19.8 Å². The van der Waals surface area contributed by atoms with Gasteiger partial charge in [-0.25, -0.2) is 0 Å². The van der Waals surface area contributed by atoms with E-state index in [1.54, 1.807) is 22.9 Å². The third kappa shape index (κ3) is 5.09. The van der Waals surface area contributed by atoms with Gasteiger partial charge in [-0.05, 0) is 50.6 Å². The van der Waals surface area contributed by atoms with Gasteiger partial charge >= 0.3 is 0 Å². The SMILES string of the molecule is CCOc1ccc(C(=O)Nc2cc(C)n(Cc3ccccc3Cl)n2)cc1OCC. The molecule has 6 nitrogen and oxygen atoms in total. The largest absolute Gasteiger partial charge is 0.490 e. The zero-order valence-corrected chi connectivity index (χ0v) is 17.5. The van der Waals surface area contributed by atoms with Crippen LogP contribution in [0.2, 0.25) is 5.02 Å².